The van der Waals surface area contributed by atoms with Crippen LogP contribution in [0.2, 0.25) is 0 Å². The summed E-state index contributed by atoms with van der Waals surface area (Å²) in [5, 5.41) is 1.09. The van der Waals surface area contributed by atoms with Gasteiger partial charge in [0.2, 0.25) is 0 Å². The summed E-state index contributed by atoms with van der Waals surface area (Å²) in [6, 6.07) is 0. The number of aryl methyl sites for hydroxylation is 1. The lowest BCUT2D eigenvalue weighted by atomic mass is 10.3. The van der Waals surface area contributed by atoms with E-state index in [0.29, 0.717) is 4.99 Å². The van der Waals surface area contributed by atoms with Gasteiger partial charge in [-0.3, -0.25) is 0 Å². The highest BCUT2D eigenvalue weighted by Crippen LogP contribution is 2.29. The summed E-state index contributed by atoms with van der Waals surface area (Å²) in [4.78, 5) is 8.41. The van der Waals surface area contributed by atoms with Crippen molar-refractivity contribution in [1.82, 2.24) is 4.98 Å². The molecule has 1 saturated heterocycles. The smallest absolute Gasteiger partial charge is 0.186 e. The first-order valence-electron chi connectivity index (χ1n) is 5.26. The molecule has 1 aromatic heterocycles. The van der Waals surface area contributed by atoms with Crippen LogP contribution in [0.15, 0.2) is 0 Å². The standard InChI is InChI=1S/C10H15N3S2/c1-2-7-8(9(11)14)15-10(12-7)13-5-3-4-6-13/h2-6H2,1H3,(H2,11,14). The van der Waals surface area contributed by atoms with Crippen molar-refractivity contribution >= 4 is 33.7 Å². The molecular formula is C10H15N3S2. The van der Waals surface area contributed by atoms with Crippen LogP contribution in [0.5, 0.6) is 0 Å². The Morgan fingerprint density at radius 1 is 1.53 bits per heavy atom. The maximum absolute atomic E-state index is 5.69. The molecule has 0 bridgehead atoms. The van der Waals surface area contributed by atoms with Gasteiger partial charge >= 0.3 is 0 Å². The van der Waals surface area contributed by atoms with E-state index in [2.05, 4.69) is 16.8 Å². The zero-order valence-corrected chi connectivity index (χ0v) is 10.5. The summed E-state index contributed by atoms with van der Waals surface area (Å²) in [7, 11) is 0. The molecule has 0 radical (unpaired) electrons. The minimum absolute atomic E-state index is 0.481. The molecule has 2 rings (SSSR count). The molecule has 0 atom stereocenters. The van der Waals surface area contributed by atoms with Crippen molar-refractivity contribution in [2.45, 2.75) is 26.2 Å². The predicted molar refractivity (Wildman–Crippen MR) is 68.8 cm³/mol. The lowest BCUT2D eigenvalue weighted by Gasteiger charge is -2.12. The largest absolute Gasteiger partial charge is 0.389 e. The third-order valence-corrected chi connectivity index (χ3v) is 4.15. The molecule has 2 N–H and O–H groups in total. The number of rotatable bonds is 3. The zero-order valence-electron chi connectivity index (χ0n) is 8.82. The fraction of sp³-hybridized carbons (Fsp3) is 0.600. The number of thiazole rings is 1. The number of aromatic nitrogens is 1. The maximum Gasteiger partial charge on any atom is 0.186 e. The fourth-order valence-electron chi connectivity index (χ4n) is 1.82. The van der Waals surface area contributed by atoms with Gasteiger partial charge in [0.05, 0.1) is 10.6 Å². The molecule has 1 aliphatic heterocycles. The number of nitrogens with two attached hydrogens (primary N) is 1. The third kappa shape index (κ3) is 2.13. The van der Waals surface area contributed by atoms with E-state index in [9.17, 15) is 0 Å². The van der Waals surface area contributed by atoms with E-state index in [0.717, 1.165) is 35.2 Å². The topological polar surface area (TPSA) is 42.2 Å². The molecule has 15 heavy (non-hydrogen) atoms. The lowest BCUT2D eigenvalue weighted by molar-refractivity contribution is 0.940. The quantitative estimate of drug-likeness (QED) is 0.821. The molecule has 0 aliphatic carbocycles. The van der Waals surface area contributed by atoms with Crippen LogP contribution in [0.1, 0.15) is 30.3 Å². The molecule has 5 heteroatoms. The molecule has 0 unspecified atom stereocenters. The van der Waals surface area contributed by atoms with Gasteiger partial charge in [0.25, 0.3) is 0 Å². The average Bonchev–Trinajstić information content (AvgIpc) is 2.86. The van der Waals surface area contributed by atoms with Crippen LogP contribution in [0.3, 0.4) is 0 Å². The van der Waals surface area contributed by atoms with Gasteiger partial charge in [0.1, 0.15) is 4.99 Å². The second-order valence-corrected chi connectivity index (χ2v) is 5.10. The summed E-state index contributed by atoms with van der Waals surface area (Å²) in [5.41, 5.74) is 6.74. The Labute approximate surface area is 99.3 Å². The van der Waals surface area contributed by atoms with E-state index in [1.54, 1.807) is 11.3 Å². The summed E-state index contributed by atoms with van der Waals surface area (Å²) in [5.74, 6) is 0. The third-order valence-electron chi connectivity index (χ3n) is 2.62. The second kappa shape index (κ2) is 4.45. The molecule has 2 heterocycles. The number of hydrogen-bond donors (Lipinski definition) is 1. The van der Waals surface area contributed by atoms with E-state index in [-0.39, 0.29) is 0 Å². The first-order valence-corrected chi connectivity index (χ1v) is 6.49. The highest BCUT2D eigenvalue weighted by molar-refractivity contribution is 7.81. The Morgan fingerprint density at radius 3 is 2.67 bits per heavy atom. The van der Waals surface area contributed by atoms with Crippen LogP contribution in [-0.4, -0.2) is 23.1 Å². The van der Waals surface area contributed by atoms with Crippen molar-refractivity contribution in [2.75, 3.05) is 18.0 Å². The van der Waals surface area contributed by atoms with Gasteiger partial charge in [-0.25, -0.2) is 4.98 Å². The SMILES string of the molecule is CCc1nc(N2CCCC2)sc1C(N)=S. The minimum atomic E-state index is 0.481. The number of hydrogen-bond acceptors (Lipinski definition) is 4. The van der Waals surface area contributed by atoms with Crippen LogP contribution in [0.4, 0.5) is 5.13 Å². The van der Waals surface area contributed by atoms with Crippen molar-refractivity contribution in [3.05, 3.63) is 10.6 Å². The Balaban J connectivity index is 2.29. The van der Waals surface area contributed by atoms with Gasteiger partial charge in [-0.05, 0) is 19.3 Å². The molecule has 0 amide bonds. The molecule has 1 fully saturated rings. The molecule has 1 aromatic rings. The van der Waals surface area contributed by atoms with Gasteiger partial charge in [0.15, 0.2) is 5.13 Å². The lowest BCUT2D eigenvalue weighted by Crippen LogP contribution is -2.17. The fourth-order valence-corrected chi connectivity index (χ4v) is 3.12. The van der Waals surface area contributed by atoms with Crippen molar-refractivity contribution < 1.29 is 0 Å². The number of anilines is 1. The Kier molecular flexibility index (Phi) is 3.21. The highest BCUT2D eigenvalue weighted by atomic mass is 32.1. The Morgan fingerprint density at radius 2 is 2.20 bits per heavy atom. The summed E-state index contributed by atoms with van der Waals surface area (Å²) < 4.78 is 0. The second-order valence-electron chi connectivity index (χ2n) is 3.68. The molecule has 0 aromatic carbocycles. The van der Waals surface area contributed by atoms with Gasteiger partial charge in [0, 0.05) is 13.1 Å². The average molecular weight is 241 g/mol. The first-order chi connectivity index (χ1) is 7.22. The Bertz CT molecular complexity index is 367. The van der Waals surface area contributed by atoms with E-state index in [1.165, 1.54) is 12.8 Å². The number of thiocarbonyl (C=S) groups is 1. The van der Waals surface area contributed by atoms with Crippen molar-refractivity contribution in [3.8, 4) is 0 Å². The Hall–Kier alpha value is -0.680. The van der Waals surface area contributed by atoms with Gasteiger partial charge in [-0.1, -0.05) is 30.5 Å². The monoisotopic (exact) mass is 241 g/mol. The summed E-state index contributed by atoms with van der Waals surface area (Å²) in [6.45, 7) is 4.32. The highest BCUT2D eigenvalue weighted by Gasteiger charge is 2.19. The predicted octanol–water partition coefficient (Wildman–Crippen LogP) is 1.94. The minimum Gasteiger partial charge on any atom is -0.389 e. The van der Waals surface area contributed by atoms with Crippen LogP contribution in [0, 0.1) is 0 Å². The van der Waals surface area contributed by atoms with E-state index in [1.807, 2.05) is 0 Å². The molecular weight excluding hydrogens is 226 g/mol. The van der Waals surface area contributed by atoms with Crippen LogP contribution in [0.25, 0.3) is 0 Å². The van der Waals surface area contributed by atoms with Crippen molar-refractivity contribution in [3.63, 3.8) is 0 Å². The van der Waals surface area contributed by atoms with Gasteiger partial charge in [-0.15, -0.1) is 0 Å². The molecule has 3 nitrogen and oxygen atoms in total. The first kappa shape index (κ1) is 10.8. The maximum atomic E-state index is 5.69. The molecule has 82 valence electrons. The van der Waals surface area contributed by atoms with E-state index < -0.39 is 0 Å². The van der Waals surface area contributed by atoms with Crippen molar-refractivity contribution in [2.24, 2.45) is 5.73 Å². The van der Waals surface area contributed by atoms with E-state index in [4.69, 9.17) is 18.0 Å². The van der Waals surface area contributed by atoms with Crippen LogP contribution < -0.4 is 10.6 Å². The molecule has 1 aliphatic rings. The number of nitrogens with zero attached hydrogens (tertiary/aromatic N) is 2. The summed E-state index contributed by atoms with van der Waals surface area (Å²) >= 11 is 6.67. The molecule has 0 saturated carbocycles. The summed E-state index contributed by atoms with van der Waals surface area (Å²) in [6.07, 6.45) is 3.43. The van der Waals surface area contributed by atoms with E-state index >= 15 is 0 Å². The van der Waals surface area contributed by atoms with Gasteiger partial charge < -0.3 is 10.6 Å². The molecule has 0 spiro atoms. The zero-order chi connectivity index (χ0) is 10.8. The normalized spacial score (nSPS) is 15.9. The van der Waals surface area contributed by atoms with Crippen LogP contribution >= 0.6 is 23.6 Å². The van der Waals surface area contributed by atoms with Gasteiger partial charge in [-0.2, -0.15) is 0 Å². The van der Waals surface area contributed by atoms with Crippen molar-refractivity contribution in [1.29, 1.82) is 0 Å². The van der Waals surface area contributed by atoms with Crippen LogP contribution in [-0.2, 0) is 6.42 Å².